The van der Waals surface area contributed by atoms with Gasteiger partial charge in [0.2, 0.25) is 10.0 Å². The van der Waals surface area contributed by atoms with Crippen molar-refractivity contribution in [3.63, 3.8) is 0 Å². The predicted molar refractivity (Wildman–Crippen MR) is 114 cm³/mol. The highest BCUT2D eigenvalue weighted by Crippen LogP contribution is 2.29. The summed E-state index contributed by atoms with van der Waals surface area (Å²) in [6.07, 6.45) is 3.66. The van der Waals surface area contributed by atoms with Gasteiger partial charge in [-0.2, -0.15) is 13.1 Å². The minimum atomic E-state index is -3.67. The third-order valence-electron chi connectivity index (χ3n) is 5.20. The van der Waals surface area contributed by atoms with Crippen LogP contribution in [0.4, 0.5) is 8.78 Å². The first-order valence-corrected chi connectivity index (χ1v) is 11.8. The average Bonchev–Trinajstić information content (AvgIpc) is 3.08. The Morgan fingerprint density at radius 1 is 1.06 bits per heavy atom. The molecule has 7 nitrogen and oxygen atoms in total. The molecular formula is C22H26F2N2O5S. The summed E-state index contributed by atoms with van der Waals surface area (Å²) in [7, 11) is -2.34. The molecular weight excluding hydrogens is 442 g/mol. The number of nitrogens with zero attached hydrogens (tertiary/aromatic N) is 1. The molecule has 1 fully saturated rings. The van der Waals surface area contributed by atoms with Gasteiger partial charge in [0, 0.05) is 25.2 Å². The number of carbonyl (C=O) groups excluding carboxylic acids is 1. The van der Waals surface area contributed by atoms with Crippen molar-refractivity contribution >= 4 is 15.9 Å². The van der Waals surface area contributed by atoms with E-state index < -0.39 is 22.5 Å². The number of rotatable bonds is 8. The summed E-state index contributed by atoms with van der Waals surface area (Å²) in [5.74, 6) is -0.448. The molecule has 1 heterocycles. The second kappa shape index (κ2) is 10.7. The standard InChI is InChI=1S/C22H26F2N2O5S/c1-30-20-13-16(9-10-19(20)31-22(23)24)15-25-21(27)17-7-6-8-18(14-17)32(28,29)26-11-4-2-3-5-12-26/h6-10,13-14,22H,2-5,11-12,15H2,1H3,(H,25,27). The minimum absolute atomic E-state index is 0.0854. The highest BCUT2D eigenvalue weighted by atomic mass is 32.2. The molecule has 1 aliphatic heterocycles. The number of hydrogen-bond donors (Lipinski definition) is 1. The van der Waals surface area contributed by atoms with E-state index >= 15 is 0 Å². The summed E-state index contributed by atoms with van der Waals surface area (Å²) in [5.41, 5.74) is 0.815. The number of hydrogen-bond acceptors (Lipinski definition) is 5. The smallest absolute Gasteiger partial charge is 0.387 e. The first kappa shape index (κ1) is 23.9. The van der Waals surface area contributed by atoms with Gasteiger partial charge in [0.15, 0.2) is 11.5 Å². The lowest BCUT2D eigenvalue weighted by atomic mass is 10.1. The highest BCUT2D eigenvalue weighted by Gasteiger charge is 2.25. The molecule has 0 aliphatic carbocycles. The topological polar surface area (TPSA) is 84.9 Å². The van der Waals surface area contributed by atoms with E-state index in [1.807, 2.05) is 0 Å². The molecule has 0 unspecified atom stereocenters. The average molecular weight is 469 g/mol. The largest absolute Gasteiger partial charge is 0.493 e. The zero-order chi connectivity index (χ0) is 23.1. The maximum absolute atomic E-state index is 13.0. The number of carbonyl (C=O) groups is 1. The van der Waals surface area contributed by atoms with Crippen LogP contribution < -0.4 is 14.8 Å². The Hall–Kier alpha value is -2.72. The lowest BCUT2D eigenvalue weighted by Gasteiger charge is -2.20. The molecule has 1 amide bonds. The molecule has 10 heteroatoms. The van der Waals surface area contributed by atoms with E-state index in [1.54, 1.807) is 6.07 Å². The Labute approximate surface area is 186 Å². The SMILES string of the molecule is COc1cc(CNC(=O)c2cccc(S(=O)(=O)N3CCCCCC3)c2)ccc1OC(F)F. The van der Waals surface area contributed by atoms with Gasteiger partial charge >= 0.3 is 6.61 Å². The van der Waals surface area contributed by atoms with Gasteiger partial charge in [0.1, 0.15) is 0 Å². The van der Waals surface area contributed by atoms with Crippen LogP contribution in [0.3, 0.4) is 0 Å². The van der Waals surface area contributed by atoms with Crippen LogP contribution >= 0.6 is 0 Å². The predicted octanol–water partition coefficient (Wildman–Crippen LogP) is 3.79. The van der Waals surface area contributed by atoms with Gasteiger partial charge in [-0.15, -0.1) is 0 Å². The molecule has 0 atom stereocenters. The molecule has 0 saturated carbocycles. The first-order chi connectivity index (χ1) is 15.3. The Morgan fingerprint density at radius 2 is 1.78 bits per heavy atom. The molecule has 0 aromatic heterocycles. The Balaban J connectivity index is 1.70. The van der Waals surface area contributed by atoms with Crippen molar-refractivity contribution in [2.45, 2.75) is 43.7 Å². The van der Waals surface area contributed by atoms with E-state index in [-0.39, 0.29) is 28.5 Å². The van der Waals surface area contributed by atoms with Crippen LogP contribution in [0.2, 0.25) is 0 Å². The molecule has 3 rings (SSSR count). The maximum Gasteiger partial charge on any atom is 0.387 e. The lowest BCUT2D eigenvalue weighted by molar-refractivity contribution is -0.0512. The third kappa shape index (κ3) is 5.95. The number of sulfonamides is 1. The zero-order valence-corrected chi connectivity index (χ0v) is 18.5. The van der Waals surface area contributed by atoms with Gasteiger partial charge in [0.25, 0.3) is 5.91 Å². The van der Waals surface area contributed by atoms with Crippen molar-refractivity contribution in [1.82, 2.24) is 9.62 Å². The Morgan fingerprint density at radius 3 is 2.44 bits per heavy atom. The van der Waals surface area contributed by atoms with E-state index in [1.165, 1.54) is 47.8 Å². The van der Waals surface area contributed by atoms with Crippen LogP contribution in [0, 0.1) is 0 Å². The molecule has 0 bridgehead atoms. The van der Waals surface area contributed by atoms with Crippen molar-refractivity contribution in [1.29, 1.82) is 0 Å². The summed E-state index contributed by atoms with van der Waals surface area (Å²) in [4.78, 5) is 12.7. The van der Waals surface area contributed by atoms with Crippen molar-refractivity contribution in [2.24, 2.45) is 0 Å². The van der Waals surface area contributed by atoms with Gasteiger partial charge in [-0.05, 0) is 48.7 Å². The number of nitrogens with one attached hydrogen (secondary N) is 1. The molecule has 174 valence electrons. The van der Waals surface area contributed by atoms with E-state index in [0.717, 1.165) is 25.7 Å². The lowest BCUT2D eigenvalue weighted by Crippen LogP contribution is -2.32. The van der Waals surface area contributed by atoms with Gasteiger partial charge in [-0.1, -0.05) is 25.0 Å². The van der Waals surface area contributed by atoms with E-state index in [4.69, 9.17) is 4.74 Å². The quantitative estimate of drug-likeness (QED) is 0.637. The van der Waals surface area contributed by atoms with E-state index in [9.17, 15) is 22.0 Å². The number of amides is 1. The second-order valence-electron chi connectivity index (χ2n) is 7.39. The second-order valence-corrected chi connectivity index (χ2v) is 9.33. The molecule has 2 aromatic carbocycles. The van der Waals surface area contributed by atoms with Crippen molar-refractivity contribution in [2.75, 3.05) is 20.2 Å². The van der Waals surface area contributed by atoms with Crippen LogP contribution in [0.5, 0.6) is 11.5 Å². The van der Waals surface area contributed by atoms with Crippen LogP contribution in [-0.2, 0) is 16.6 Å². The number of ether oxygens (including phenoxy) is 2. The number of alkyl halides is 2. The van der Waals surface area contributed by atoms with Crippen LogP contribution in [0.15, 0.2) is 47.4 Å². The third-order valence-corrected chi connectivity index (χ3v) is 7.09. The van der Waals surface area contributed by atoms with Crippen LogP contribution in [0.1, 0.15) is 41.6 Å². The Kier molecular flexibility index (Phi) is 8.03. The van der Waals surface area contributed by atoms with Gasteiger partial charge in [0.05, 0.1) is 12.0 Å². The molecule has 32 heavy (non-hydrogen) atoms. The molecule has 1 N–H and O–H groups in total. The van der Waals surface area contributed by atoms with E-state index in [2.05, 4.69) is 10.1 Å². The number of halogens is 2. The van der Waals surface area contributed by atoms with Crippen molar-refractivity contribution in [3.8, 4) is 11.5 Å². The summed E-state index contributed by atoms with van der Waals surface area (Å²) in [5, 5.41) is 2.70. The summed E-state index contributed by atoms with van der Waals surface area (Å²) in [6.45, 7) is -1.93. The maximum atomic E-state index is 13.0. The van der Waals surface area contributed by atoms with Crippen molar-refractivity contribution in [3.05, 3.63) is 53.6 Å². The van der Waals surface area contributed by atoms with Gasteiger partial charge < -0.3 is 14.8 Å². The summed E-state index contributed by atoms with van der Waals surface area (Å²) < 4.78 is 61.8. The van der Waals surface area contributed by atoms with Crippen LogP contribution in [-0.4, -0.2) is 45.4 Å². The monoisotopic (exact) mass is 468 g/mol. The zero-order valence-electron chi connectivity index (χ0n) is 17.7. The first-order valence-electron chi connectivity index (χ1n) is 10.3. The molecule has 2 aromatic rings. The number of benzene rings is 2. The molecule has 0 radical (unpaired) electrons. The fraction of sp³-hybridized carbons (Fsp3) is 0.409. The fourth-order valence-corrected chi connectivity index (χ4v) is 5.09. The van der Waals surface area contributed by atoms with Crippen LogP contribution in [0.25, 0.3) is 0 Å². The Bertz CT molecular complexity index is 1040. The molecule has 1 aliphatic rings. The molecule has 1 saturated heterocycles. The fourth-order valence-electron chi connectivity index (χ4n) is 3.53. The summed E-state index contributed by atoms with van der Waals surface area (Å²) in [6, 6.07) is 10.3. The van der Waals surface area contributed by atoms with Crippen molar-refractivity contribution < 1.29 is 31.5 Å². The normalized spacial score (nSPS) is 15.2. The van der Waals surface area contributed by atoms with Gasteiger partial charge in [-0.25, -0.2) is 8.42 Å². The molecule has 0 spiro atoms. The number of methoxy groups -OCH3 is 1. The summed E-state index contributed by atoms with van der Waals surface area (Å²) >= 11 is 0. The van der Waals surface area contributed by atoms with Gasteiger partial charge in [-0.3, -0.25) is 4.79 Å². The van der Waals surface area contributed by atoms with E-state index in [0.29, 0.717) is 18.7 Å². The minimum Gasteiger partial charge on any atom is -0.493 e. The highest BCUT2D eigenvalue weighted by molar-refractivity contribution is 7.89.